The Morgan fingerprint density at radius 1 is 1.15 bits per heavy atom. The Balaban J connectivity index is 2.25. The van der Waals surface area contributed by atoms with Crippen molar-refractivity contribution in [1.82, 2.24) is 0 Å². The molecule has 0 aromatic heterocycles. The molecule has 0 spiro atoms. The Bertz CT molecular complexity index is 576. The number of ether oxygens (including phenoxy) is 1. The first-order chi connectivity index (χ1) is 9.51. The van der Waals surface area contributed by atoms with E-state index in [0.717, 1.165) is 22.2 Å². The van der Waals surface area contributed by atoms with Crippen LogP contribution in [0.4, 0.5) is 8.78 Å². The molecule has 0 bridgehead atoms. The molecule has 2 nitrogen and oxygen atoms in total. The monoisotopic (exact) mass is 342 g/mol. The SMILES string of the molecule is COc1cc(F)c(C(O)Cc2ccc(Br)cc2)c(F)c1. The fourth-order valence-corrected chi connectivity index (χ4v) is 2.21. The van der Waals surface area contributed by atoms with Gasteiger partial charge >= 0.3 is 0 Å². The van der Waals surface area contributed by atoms with E-state index in [2.05, 4.69) is 15.9 Å². The number of benzene rings is 2. The number of aliphatic hydroxyl groups excluding tert-OH is 1. The second kappa shape index (κ2) is 6.33. The van der Waals surface area contributed by atoms with Crippen molar-refractivity contribution < 1.29 is 18.6 Å². The lowest BCUT2D eigenvalue weighted by Gasteiger charge is -2.14. The first kappa shape index (κ1) is 14.9. The number of hydrogen-bond acceptors (Lipinski definition) is 2. The summed E-state index contributed by atoms with van der Waals surface area (Å²) in [6.07, 6.45) is -1.12. The third-order valence-electron chi connectivity index (χ3n) is 2.96. The standard InChI is InChI=1S/C15H13BrF2O2/c1-20-11-7-12(17)15(13(18)8-11)14(19)6-9-2-4-10(16)5-3-9/h2-5,7-8,14,19H,6H2,1H3. The van der Waals surface area contributed by atoms with Gasteiger partial charge in [-0.25, -0.2) is 8.78 Å². The smallest absolute Gasteiger partial charge is 0.135 e. The number of halogens is 3. The summed E-state index contributed by atoms with van der Waals surface area (Å²) in [5.74, 6) is -1.54. The normalized spacial score (nSPS) is 12.2. The molecule has 5 heteroatoms. The van der Waals surface area contributed by atoms with E-state index in [4.69, 9.17) is 4.74 Å². The molecule has 0 saturated carbocycles. The zero-order valence-electron chi connectivity index (χ0n) is 10.7. The Morgan fingerprint density at radius 2 is 1.70 bits per heavy atom. The molecular formula is C15H13BrF2O2. The Morgan fingerprint density at radius 3 is 2.20 bits per heavy atom. The predicted molar refractivity (Wildman–Crippen MR) is 75.7 cm³/mol. The second-order valence-electron chi connectivity index (χ2n) is 4.35. The zero-order valence-corrected chi connectivity index (χ0v) is 12.3. The predicted octanol–water partition coefficient (Wildman–Crippen LogP) is 4.01. The van der Waals surface area contributed by atoms with Crippen molar-refractivity contribution >= 4 is 15.9 Å². The van der Waals surface area contributed by atoms with Crippen LogP contribution in [0.15, 0.2) is 40.9 Å². The molecular weight excluding hydrogens is 330 g/mol. The molecule has 0 saturated heterocycles. The molecule has 0 radical (unpaired) electrons. The van der Waals surface area contributed by atoms with Gasteiger partial charge < -0.3 is 9.84 Å². The van der Waals surface area contributed by atoms with Crippen LogP contribution in [-0.4, -0.2) is 12.2 Å². The maximum Gasteiger partial charge on any atom is 0.135 e. The lowest BCUT2D eigenvalue weighted by molar-refractivity contribution is 0.168. The van der Waals surface area contributed by atoms with Crippen molar-refractivity contribution in [2.45, 2.75) is 12.5 Å². The van der Waals surface area contributed by atoms with Gasteiger partial charge in [-0.15, -0.1) is 0 Å². The summed E-state index contributed by atoms with van der Waals surface area (Å²) >= 11 is 3.30. The van der Waals surface area contributed by atoms with Crippen LogP contribution in [0.1, 0.15) is 17.2 Å². The van der Waals surface area contributed by atoms with E-state index in [1.807, 2.05) is 12.1 Å². The average molecular weight is 343 g/mol. The van der Waals surface area contributed by atoms with Crippen molar-refractivity contribution in [3.8, 4) is 5.75 Å². The van der Waals surface area contributed by atoms with Crippen molar-refractivity contribution in [2.75, 3.05) is 7.11 Å². The topological polar surface area (TPSA) is 29.5 Å². The van der Waals surface area contributed by atoms with Crippen molar-refractivity contribution in [2.24, 2.45) is 0 Å². The summed E-state index contributed by atoms with van der Waals surface area (Å²) < 4.78 is 33.3. The largest absolute Gasteiger partial charge is 0.497 e. The van der Waals surface area contributed by atoms with Crippen LogP contribution in [0.5, 0.6) is 5.75 Å². The van der Waals surface area contributed by atoms with E-state index in [0.29, 0.717) is 0 Å². The molecule has 0 amide bonds. The highest BCUT2D eigenvalue weighted by atomic mass is 79.9. The summed E-state index contributed by atoms with van der Waals surface area (Å²) in [6.45, 7) is 0. The zero-order chi connectivity index (χ0) is 14.7. The first-order valence-electron chi connectivity index (χ1n) is 5.96. The highest BCUT2D eigenvalue weighted by Gasteiger charge is 2.20. The molecule has 2 aromatic carbocycles. The maximum atomic E-state index is 13.8. The van der Waals surface area contributed by atoms with Crippen LogP contribution >= 0.6 is 15.9 Å². The average Bonchev–Trinajstić information content (AvgIpc) is 2.40. The molecule has 1 unspecified atom stereocenters. The van der Waals surface area contributed by atoms with Crippen molar-refractivity contribution in [3.63, 3.8) is 0 Å². The van der Waals surface area contributed by atoms with Crippen molar-refractivity contribution in [1.29, 1.82) is 0 Å². The van der Waals surface area contributed by atoms with E-state index in [1.54, 1.807) is 12.1 Å². The van der Waals surface area contributed by atoms with E-state index in [9.17, 15) is 13.9 Å². The van der Waals surface area contributed by atoms with Gasteiger partial charge in [0.1, 0.15) is 17.4 Å². The summed E-state index contributed by atoms with van der Waals surface area (Å²) in [5.41, 5.74) is 0.448. The van der Waals surface area contributed by atoms with Gasteiger partial charge in [-0.1, -0.05) is 28.1 Å². The quantitative estimate of drug-likeness (QED) is 0.909. The van der Waals surface area contributed by atoms with Crippen LogP contribution in [0, 0.1) is 11.6 Å². The van der Waals surface area contributed by atoms with Crippen LogP contribution in [-0.2, 0) is 6.42 Å². The molecule has 0 fully saturated rings. The summed E-state index contributed by atoms with van der Waals surface area (Å²) in [6, 6.07) is 9.30. The van der Waals surface area contributed by atoms with Crippen LogP contribution < -0.4 is 4.74 Å². The highest BCUT2D eigenvalue weighted by molar-refractivity contribution is 9.10. The van der Waals surface area contributed by atoms with E-state index < -0.39 is 17.7 Å². The van der Waals surface area contributed by atoms with Gasteiger partial charge in [0.15, 0.2) is 0 Å². The molecule has 0 aliphatic rings. The molecule has 1 atom stereocenters. The lowest BCUT2D eigenvalue weighted by atomic mass is 10.0. The minimum Gasteiger partial charge on any atom is -0.497 e. The molecule has 2 rings (SSSR count). The number of aliphatic hydroxyl groups is 1. The molecule has 2 aromatic rings. The summed E-state index contributed by atoms with van der Waals surface area (Å²) in [7, 11) is 1.33. The second-order valence-corrected chi connectivity index (χ2v) is 5.27. The van der Waals surface area contributed by atoms with Gasteiger partial charge in [0, 0.05) is 23.0 Å². The maximum absolute atomic E-state index is 13.8. The molecule has 0 aliphatic carbocycles. The Labute approximate surface area is 124 Å². The first-order valence-corrected chi connectivity index (χ1v) is 6.76. The van der Waals surface area contributed by atoms with Crippen LogP contribution in [0.25, 0.3) is 0 Å². The third kappa shape index (κ3) is 3.35. The number of rotatable bonds is 4. The minimum absolute atomic E-state index is 0.0830. The molecule has 1 N–H and O–H groups in total. The van der Waals surface area contributed by atoms with Crippen LogP contribution in [0.2, 0.25) is 0 Å². The van der Waals surface area contributed by atoms with Gasteiger partial charge in [-0.05, 0) is 17.7 Å². The Hall–Kier alpha value is -1.46. The lowest BCUT2D eigenvalue weighted by Crippen LogP contribution is -2.07. The molecule has 106 valence electrons. The third-order valence-corrected chi connectivity index (χ3v) is 3.49. The fraction of sp³-hybridized carbons (Fsp3) is 0.200. The molecule has 20 heavy (non-hydrogen) atoms. The van der Waals surface area contributed by atoms with E-state index in [-0.39, 0.29) is 17.7 Å². The fourth-order valence-electron chi connectivity index (χ4n) is 1.94. The van der Waals surface area contributed by atoms with E-state index >= 15 is 0 Å². The van der Waals surface area contributed by atoms with Gasteiger partial charge in [0.25, 0.3) is 0 Å². The number of hydrogen-bond donors (Lipinski definition) is 1. The summed E-state index contributed by atoms with van der Waals surface area (Å²) in [4.78, 5) is 0. The van der Waals surface area contributed by atoms with Gasteiger partial charge in [-0.3, -0.25) is 0 Å². The number of methoxy groups -OCH3 is 1. The van der Waals surface area contributed by atoms with Crippen LogP contribution in [0.3, 0.4) is 0 Å². The Kier molecular flexibility index (Phi) is 4.73. The summed E-state index contributed by atoms with van der Waals surface area (Å²) in [5, 5.41) is 10.0. The molecule has 0 aliphatic heterocycles. The van der Waals surface area contributed by atoms with Crippen molar-refractivity contribution in [3.05, 3.63) is 63.6 Å². The highest BCUT2D eigenvalue weighted by Crippen LogP contribution is 2.28. The van der Waals surface area contributed by atoms with Gasteiger partial charge in [-0.2, -0.15) is 0 Å². The minimum atomic E-state index is -1.25. The van der Waals surface area contributed by atoms with E-state index in [1.165, 1.54) is 7.11 Å². The van der Waals surface area contributed by atoms with Gasteiger partial charge in [0.2, 0.25) is 0 Å². The van der Waals surface area contributed by atoms with Gasteiger partial charge in [0.05, 0.1) is 18.8 Å². The molecule has 0 heterocycles.